The molecule has 2 aromatic rings. The molecule has 0 spiro atoms. The first kappa shape index (κ1) is 7.65. The molecule has 0 aliphatic heterocycles. The van der Waals surface area contributed by atoms with E-state index in [0.29, 0.717) is 0 Å². The van der Waals surface area contributed by atoms with Crippen LogP contribution in [0.2, 0.25) is 0 Å². The lowest BCUT2D eigenvalue weighted by Gasteiger charge is -1.92. The Morgan fingerprint density at radius 3 is 2.82 bits per heavy atom. The molecule has 0 bridgehead atoms. The Morgan fingerprint density at radius 1 is 1.27 bits per heavy atom. The molecule has 0 saturated heterocycles. The van der Waals surface area contributed by atoms with Crippen LogP contribution in [0.1, 0.15) is 0 Å². The standard InChI is InChI=1S/C5H2I2N4/c6-3-4-9-10-5(7)11(4)2-1-8-3/h1-2H. The Kier molecular flexibility index (Phi) is 1.95. The Morgan fingerprint density at radius 2 is 2.09 bits per heavy atom. The number of hydrogen-bond acceptors (Lipinski definition) is 3. The third kappa shape index (κ3) is 1.21. The van der Waals surface area contributed by atoms with Crippen LogP contribution >= 0.6 is 45.2 Å². The summed E-state index contributed by atoms with van der Waals surface area (Å²) in [5.74, 6) is 0. The minimum Gasteiger partial charge on any atom is -0.274 e. The number of nitrogens with zero attached hydrogens (tertiary/aromatic N) is 4. The molecule has 0 fully saturated rings. The summed E-state index contributed by atoms with van der Waals surface area (Å²) < 4.78 is 3.63. The highest BCUT2D eigenvalue weighted by Gasteiger charge is 2.04. The fraction of sp³-hybridized carbons (Fsp3) is 0. The number of hydrogen-bond donors (Lipinski definition) is 0. The van der Waals surface area contributed by atoms with Crippen molar-refractivity contribution in [3.8, 4) is 0 Å². The van der Waals surface area contributed by atoms with Crippen molar-refractivity contribution in [2.45, 2.75) is 0 Å². The van der Waals surface area contributed by atoms with E-state index >= 15 is 0 Å². The lowest BCUT2D eigenvalue weighted by molar-refractivity contribution is 1.04. The van der Waals surface area contributed by atoms with Crippen LogP contribution in [0.4, 0.5) is 0 Å². The molecule has 2 heterocycles. The van der Waals surface area contributed by atoms with Gasteiger partial charge in [0.25, 0.3) is 0 Å². The monoisotopic (exact) mass is 372 g/mol. The van der Waals surface area contributed by atoms with Crippen LogP contribution in [-0.4, -0.2) is 19.6 Å². The SMILES string of the molecule is Ic1nccn2c(I)nnc12. The quantitative estimate of drug-likeness (QED) is 0.656. The summed E-state index contributed by atoms with van der Waals surface area (Å²) in [6.07, 6.45) is 3.58. The maximum absolute atomic E-state index is 4.08. The third-order valence-corrected chi connectivity index (χ3v) is 2.74. The van der Waals surface area contributed by atoms with Crippen molar-refractivity contribution in [1.82, 2.24) is 19.6 Å². The summed E-state index contributed by atoms with van der Waals surface area (Å²) in [4.78, 5) is 4.08. The van der Waals surface area contributed by atoms with Crippen molar-refractivity contribution in [3.63, 3.8) is 0 Å². The van der Waals surface area contributed by atoms with E-state index in [9.17, 15) is 0 Å². The maximum Gasteiger partial charge on any atom is 0.198 e. The van der Waals surface area contributed by atoms with Crippen molar-refractivity contribution in [3.05, 3.63) is 19.9 Å². The van der Waals surface area contributed by atoms with E-state index in [1.165, 1.54) is 0 Å². The number of rotatable bonds is 0. The lowest BCUT2D eigenvalue weighted by Crippen LogP contribution is -1.91. The molecule has 0 unspecified atom stereocenters. The molecule has 6 heteroatoms. The molecule has 0 aliphatic rings. The zero-order valence-corrected chi connectivity index (χ0v) is 9.51. The van der Waals surface area contributed by atoms with Gasteiger partial charge in [-0.1, -0.05) is 0 Å². The molecular weight excluding hydrogens is 370 g/mol. The summed E-state index contributed by atoms with van der Waals surface area (Å²) >= 11 is 4.26. The molecule has 2 aromatic heterocycles. The van der Waals surface area contributed by atoms with Gasteiger partial charge >= 0.3 is 0 Å². The van der Waals surface area contributed by atoms with E-state index in [1.807, 2.05) is 10.6 Å². The Hall–Kier alpha value is 0.01000. The van der Waals surface area contributed by atoms with Gasteiger partial charge in [0, 0.05) is 35.0 Å². The second-order valence-corrected chi connectivity index (χ2v) is 3.87. The average Bonchev–Trinajstić information content (AvgIpc) is 2.35. The highest BCUT2D eigenvalue weighted by molar-refractivity contribution is 14.1. The van der Waals surface area contributed by atoms with Crippen LogP contribution in [0.15, 0.2) is 12.4 Å². The first-order chi connectivity index (χ1) is 5.29. The molecule has 0 radical (unpaired) electrons. The van der Waals surface area contributed by atoms with Gasteiger partial charge in [0.2, 0.25) is 0 Å². The van der Waals surface area contributed by atoms with E-state index in [-0.39, 0.29) is 0 Å². The molecule has 0 N–H and O–H groups in total. The highest BCUT2D eigenvalue weighted by Crippen LogP contribution is 2.10. The molecule has 0 atom stereocenters. The van der Waals surface area contributed by atoms with Gasteiger partial charge in [0.15, 0.2) is 9.48 Å². The van der Waals surface area contributed by atoms with Gasteiger partial charge in [-0.15, -0.1) is 10.2 Å². The van der Waals surface area contributed by atoms with Gasteiger partial charge in [0.1, 0.15) is 3.70 Å². The number of halogens is 2. The van der Waals surface area contributed by atoms with Gasteiger partial charge < -0.3 is 0 Å². The Labute approximate surface area is 89.7 Å². The average molecular weight is 372 g/mol. The number of aromatic nitrogens is 4. The summed E-state index contributed by atoms with van der Waals surface area (Å²) in [5.41, 5.74) is 0.817. The summed E-state index contributed by atoms with van der Waals surface area (Å²) in [6, 6.07) is 0. The van der Waals surface area contributed by atoms with Gasteiger partial charge in [-0.3, -0.25) is 4.40 Å². The number of fused-ring (bicyclic) bond motifs is 1. The zero-order valence-electron chi connectivity index (χ0n) is 5.20. The van der Waals surface area contributed by atoms with Crippen molar-refractivity contribution in [1.29, 1.82) is 0 Å². The molecule has 11 heavy (non-hydrogen) atoms. The zero-order chi connectivity index (χ0) is 7.84. The molecule has 0 amide bonds. The van der Waals surface area contributed by atoms with Gasteiger partial charge in [-0.05, 0) is 22.6 Å². The lowest BCUT2D eigenvalue weighted by atomic mass is 10.7. The minimum absolute atomic E-state index is 0.817. The Bertz CT molecular complexity index is 396. The second kappa shape index (κ2) is 2.81. The van der Waals surface area contributed by atoms with Crippen molar-refractivity contribution >= 4 is 50.8 Å². The first-order valence-corrected chi connectivity index (χ1v) is 4.95. The van der Waals surface area contributed by atoms with E-state index in [1.54, 1.807) is 6.20 Å². The van der Waals surface area contributed by atoms with E-state index in [4.69, 9.17) is 0 Å². The van der Waals surface area contributed by atoms with Crippen LogP contribution in [0.5, 0.6) is 0 Å². The van der Waals surface area contributed by atoms with Gasteiger partial charge in [-0.25, -0.2) is 4.98 Å². The summed E-state index contributed by atoms with van der Waals surface area (Å²) in [5, 5.41) is 7.86. The summed E-state index contributed by atoms with van der Waals surface area (Å²) in [7, 11) is 0. The van der Waals surface area contributed by atoms with E-state index in [2.05, 4.69) is 60.4 Å². The molecule has 0 aliphatic carbocycles. The molecule has 2 rings (SSSR count). The fourth-order valence-electron chi connectivity index (χ4n) is 0.768. The van der Waals surface area contributed by atoms with Crippen LogP contribution in [0.3, 0.4) is 0 Å². The first-order valence-electron chi connectivity index (χ1n) is 2.80. The molecular formula is C5H2I2N4. The molecule has 0 aromatic carbocycles. The molecule has 4 nitrogen and oxygen atoms in total. The van der Waals surface area contributed by atoms with Crippen molar-refractivity contribution in [2.24, 2.45) is 0 Å². The topological polar surface area (TPSA) is 43.1 Å². The van der Waals surface area contributed by atoms with Gasteiger partial charge in [-0.2, -0.15) is 0 Å². The maximum atomic E-state index is 4.08. The fourth-order valence-corrected chi connectivity index (χ4v) is 1.79. The summed E-state index contributed by atoms with van der Waals surface area (Å²) in [6.45, 7) is 0. The van der Waals surface area contributed by atoms with Crippen molar-refractivity contribution < 1.29 is 0 Å². The van der Waals surface area contributed by atoms with Crippen molar-refractivity contribution in [2.75, 3.05) is 0 Å². The van der Waals surface area contributed by atoms with Crippen LogP contribution in [-0.2, 0) is 0 Å². The molecule has 56 valence electrons. The largest absolute Gasteiger partial charge is 0.274 e. The predicted molar refractivity (Wildman–Crippen MR) is 56.2 cm³/mol. The smallest absolute Gasteiger partial charge is 0.198 e. The second-order valence-electron chi connectivity index (χ2n) is 1.88. The van der Waals surface area contributed by atoms with E-state index in [0.717, 1.165) is 13.2 Å². The third-order valence-electron chi connectivity index (χ3n) is 1.24. The van der Waals surface area contributed by atoms with Crippen LogP contribution < -0.4 is 0 Å². The van der Waals surface area contributed by atoms with Crippen LogP contribution in [0, 0.1) is 7.53 Å². The van der Waals surface area contributed by atoms with Gasteiger partial charge in [0.05, 0.1) is 0 Å². The minimum atomic E-state index is 0.817. The van der Waals surface area contributed by atoms with E-state index < -0.39 is 0 Å². The normalized spacial score (nSPS) is 10.7. The van der Waals surface area contributed by atoms with Crippen LogP contribution in [0.25, 0.3) is 5.65 Å². The highest BCUT2D eigenvalue weighted by atomic mass is 127. The molecule has 0 saturated carbocycles. The Balaban J connectivity index is 2.94. The predicted octanol–water partition coefficient (Wildman–Crippen LogP) is 1.33.